The smallest absolute Gasteiger partial charge is 0.317 e. The van der Waals surface area contributed by atoms with Gasteiger partial charge in [-0.2, -0.15) is 0 Å². The minimum atomic E-state index is -0.772. The minimum absolute atomic E-state index is 0.128. The first kappa shape index (κ1) is 7.82. The fourth-order valence-electron chi connectivity index (χ4n) is 1.12. The van der Waals surface area contributed by atoms with Crippen LogP contribution in [0.1, 0.15) is 6.42 Å². The number of likely N-dealkylation sites (tertiary alicyclic amines) is 1. The van der Waals surface area contributed by atoms with Crippen LogP contribution in [0.2, 0.25) is 0 Å². The van der Waals surface area contributed by atoms with Gasteiger partial charge in [0.05, 0.1) is 6.54 Å². The summed E-state index contributed by atoms with van der Waals surface area (Å²) in [6.45, 7) is 1.66. The molecule has 0 aromatic carbocycles. The zero-order chi connectivity index (χ0) is 7.56. The Morgan fingerprint density at radius 1 is 1.80 bits per heavy atom. The van der Waals surface area contributed by atoms with Crippen molar-refractivity contribution >= 4 is 17.6 Å². The monoisotopic (exact) mass is 163 g/mol. The molecule has 1 saturated heterocycles. The number of rotatable bonds is 2. The molecule has 0 saturated carbocycles. The van der Waals surface area contributed by atoms with Gasteiger partial charge in [-0.15, -0.1) is 11.6 Å². The molecule has 0 aromatic rings. The van der Waals surface area contributed by atoms with Crippen LogP contribution in [0.4, 0.5) is 0 Å². The zero-order valence-corrected chi connectivity index (χ0v) is 6.34. The molecule has 0 aromatic heterocycles. The molecule has 1 aliphatic heterocycles. The number of carbonyl (C=O) groups is 1. The summed E-state index contributed by atoms with van der Waals surface area (Å²) in [5.41, 5.74) is 0. The van der Waals surface area contributed by atoms with Crippen LogP contribution in [-0.2, 0) is 4.79 Å². The van der Waals surface area contributed by atoms with Crippen LogP contribution < -0.4 is 0 Å². The minimum Gasteiger partial charge on any atom is -0.480 e. The summed E-state index contributed by atoms with van der Waals surface area (Å²) in [6, 6.07) is 0. The van der Waals surface area contributed by atoms with Crippen molar-refractivity contribution in [2.24, 2.45) is 0 Å². The average molecular weight is 164 g/mol. The third kappa shape index (κ3) is 2.15. The Morgan fingerprint density at radius 2 is 2.50 bits per heavy atom. The third-order valence-electron chi connectivity index (χ3n) is 1.57. The largest absolute Gasteiger partial charge is 0.480 e. The highest BCUT2D eigenvalue weighted by atomic mass is 35.5. The fourth-order valence-corrected chi connectivity index (χ4v) is 1.41. The van der Waals surface area contributed by atoms with Crippen molar-refractivity contribution in [3.8, 4) is 0 Å². The molecule has 0 spiro atoms. The Hall–Kier alpha value is -0.280. The van der Waals surface area contributed by atoms with Crippen LogP contribution in [0.3, 0.4) is 0 Å². The van der Waals surface area contributed by atoms with Gasteiger partial charge in [-0.05, 0) is 6.42 Å². The number of carboxylic acid groups (broad SMARTS) is 1. The molecule has 0 amide bonds. The van der Waals surface area contributed by atoms with Crippen LogP contribution in [-0.4, -0.2) is 41.0 Å². The Morgan fingerprint density at radius 3 is 2.90 bits per heavy atom. The molecule has 1 aliphatic rings. The lowest BCUT2D eigenvalue weighted by atomic mass is 10.4. The molecular formula is C6H10ClNO2. The molecule has 0 bridgehead atoms. The lowest BCUT2D eigenvalue weighted by Gasteiger charge is -2.09. The van der Waals surface area contributed by atoms with E-state index in [0.29, 0.717) is 6.54 Å². The second-order valence-corrected chi connectivity index (χ2v) is 3.13. The second kappa shape index (κ2) is 3.21. The first-order valence-corrected chi connectivity index (χ1v) is 3.70. The van der Waals surface area contributed by atoms with Gasteiger partial charge >= 0.3 is 5.97 Å². The van der Waals surface area contributed by atoms with Gasteiger partial charge in [-0.3, -0.25) is 9.69 Å². The standard InChI is InChI=1S/C6H10ClNO2/c7-5-1-2-8(3-5)4-6(9)10/h5H,1-4H2,(H,9,10)/t5-/m1/s1. The maximum atomic E-state index is 10.2. The summed E-state index contributed by atoms with van der Waals surface area (Å²) in [5.74, 6) is -0.772. The highest BCUT2D eigenvalue weighted by molar-refractivity contribution is 6.20. The average Bonchev–Trinajstić information content (AvgIpc) is 2.13. The van der Waals surface area contributed by atoms with Gasteiger partial charge in [0.15, 0.2) is 0 Å². The molecule has 58 valence electrons. The third-order valence-corrected chi connectivity index (χ3v) is 1.93. The first-order valence-electron chi connectivity index (χ1n) is 3.26. The Labute approximate surface area is 64.6 Å². The van der Waals surface area contributed by atoms with Crippen LogP contribution in [0.15, 0.2) is 0 Å². The van der Waals surface area contributed by atoms with E-state index in [4.69, 9.17) is 16.7 Å². The number of aliphatic carboxylic acids is 1. The topological polar surface area (TPSA) is 40.5 Å². The van der Waals surface area contributed by atoms with Crippen molar-refractivity contribution in [1.82, 2.24) is 4.90 Å². The molecule has 1 N–H and O–H groups in total. The van der Waals surface area contributed by atoms with E-state index >= 15 is 0 Å². The van der Waals surface area contributed by atoms with Gasteiger partial charge < -0.3 is 5.11 Å². The van der Waals surface area contributed by atoms with Crippen molar-refractivity contribution in [1.29, 1.82) is 0 Å². The van der Waals surface area contributed by atoms with Crippen molar-refractivity contribution in [3.05, 3.63) is 0 Å². The Bertz CT molecular complexity index is 140. The van der Waals surface area contributed by atoms with Gasteiger partial charge in [-0.1, -0.05) is 0 Å². The quantitative estimate of drug-likeness (QED) is 0.599. The highest BCUT2D eigenvalue weighted by Crippen LogP contribution is 2.13. The van der Waals surface area contributed by atoms with E-state index in [-0.39, 0.29) is 11.9 Å². The van der Waals surface area contributed by atoms with Crippen molar-refractivity contribution in [2.75, 3.05) is 19.6 Å². The summed E-state index contributed by atoms with van der Waals surface area (Å²) >= 11 is 5.76. The molecule has 0 aliphatic carbocycles. The molecule has 1 heterocycles. The summed E-state index contributed by atoms with van der Waals surface area (Å²) < 4.78 is 0. The van der Waals surface area contributed by atoms with E-state index in [1.165, 1.54) is 0 Å². The predicted octanol–water partition coefficient (Wildman–Crippen LogP) is 0.384. The molecule has 4 heteroatoms. The molecular weight excluding hydrogens is 154 g/mol. The predicted molar refractivity (Wildman–Crippen MR) is 38.3 cm³/mol. The summed E-state index contributed by atoms with van der Waals surface area (Å²) in [4.78, 5) is 12.0. The molecule has 0 unspecified atom stereocenters. The maximum absolute atomic E-state index is 10.2. The van der Waals surface area contributed by atoms with Crippen molar-refractivity contribution < 1.29 is 9.90 Å². The molecule has 1 rings (SSSR count). The van der Waals surface area contributed by atoms with Crippen molar-refractivity contribution in [3.63, 3.8) is 0 Å². The van der Waals surface area contributed by atoms with E-state index in [1.54, 1.807) is 0 Å². The second-order valence-electron chi connectivity index (χ2n) is 2.51. The lowest BCUT2D eigenvalue weighted by Crippen LogP contribution is -2.27. The summed E-state index contributed by atoms with van der Waals surface area (Å²) in [5, 5.41) is 8.53. The van der Waals surface area contributed by atoms with Crippen LogP contribution >= 0.6 is 11.6 Å². The van der Waals surface area contributed by atoms with E-state index in [1.807, 2.05) is 4.90 Å². The van der Waals surface area contributed by atoms with Crippen LogP contribution in [0.25, 0.3) is 0 Å². The summed E-state index contributed by atoms with van der Waals surface area (Å²) in [7, 11) is 0. The molecule has 1 atom stereocenters. The SMILES string of the molecule is O=C(O)CN1CC[C@@H](Cl)C1. The van der Waals surface area contributed by atoms with Gasteiger partial charge in [0.25, 0.3) is 0 Å². The normalized spacial score (nSPS) is 27.1. The van der Waals surface area contributed by atoms with Gasteiger partial charge in [-0.25, -0.2) is 0 Å². The summed E-state index contributed by atoms with van der Waals surface area (Å²) in [6.07, 6.45) is 0.912. The maximum Gasteiger partial charge on any atom is 0.317 e. The number of nitrogens with zero attached hydrogens (tertiary/aromatic N) is 1. The number of carboxylic acids is 1. The van der Waals surface area contributed by atoms with Crippen molar-refractivity contribution in [2.45, 2.75) is 11.8 Å². The zero-order valence-electron chi connectivity index (χ0n) is 5.59. The molecule has 1 fully saturated rings. The van der Waals surface area contributed by atoms with E-state index in [9.17, 15) is 4.79 Å². The lowest BCUT2D eigenvalue weighted by molar-refractivity contribution is -0.138. The van der Waals surface area contributed by atoms with Gasteiger partial charge in [0.2, 0.25) is 0 Å². The number of hydrogen-bond donors (Lipinski definition) is 1. The molecule has 0 radical (unpaired) electrons. The number of hydrogen-bond acceptors (Lipinski definition) is 2. The van der Waals surface area contributed by atoms with Crippen LogP contribution in [0.5, 0.6) is 0 Å². The molecule has 10 heavy (non-hydrogen) atoms. The van der Waals surface area contributed by atoms with E-state index in [2.05, 4.69) is 0 Å². The van der Waals surface area contributed by atoms with E-state index < -0.39 is 5.97 Å². The number of alkyl halides is 1. The van der Waals surface area contributed by atoms with Crippen LogP contribution in [0, 0.1) is 0 Å². The number of halogens is 1. The first-order chi connectivity index (χ1) is 4.68. The Kier molecular flexibility index (Phi) is 2.51. The molecule has 3 nitrogen and oxygen atoms in total. The fraction of sp³-hybridized carbons (Fsp3) is 0.833. The highest BCUT2D eigenvalue weighted by Gasteiger charge is 2.21. The Balaban J connectivity index is 2.24. The van der Waals surface area contributed by atoms with E-state index in [0.717, 1.165) is 13.0 Å². The van der Waals surface area contributed by atoms with Gasteiger partial charge in [0.1, 0.15) is 0 Å². The van der Waals surface area contributed by atoms with Gasteiger partial charge in [0, 0.05) is 18.5 Å².